The molecule has 0 aromatic rings. The molecule has 4 amide bonds. The van der Waals surface area contributed by atoms with Crippen LogP contribution >= 0.6 is 0 Å². The van der Waals surface area contributed by atoms with E-state index in [9.17, 15) is 14.4 Å². The highest BCUT2D eigenvalue weighted by Gasteiger charge is 2.53. The number of carbonyl (C=O) groups is 3. The minimum absolute atomic E-state index is 0.0187. The first-order valence-electron chi connectivity index (χ1n) is 9.66. The molecule has 1 saturated carbocycles. The van der Waals surface area contributed by atoms with Crippen molar-refractivity contribution in [3.63, 3.8) is 0 Å². The zero-order valence-corrected chi connectivity index (χ0v) is 16.3. The number of morpholine rings is 1. The Kier molecular flexibility index (Phi) is 5.03. The number of amides is 4. The molecule has 26 heavy (non-hydrogen) atoms. The lowest BCUT2D eigenvalue weighted by atomic mass is 9.67. The van der Waals surface area contributed by atoms with Crippen molar-refractivity contribution < 1.29 is 19.1 Å². The van der Waals surface area contributed by atoms with E-state index in [1.165, 1.54) is 0 Å². The van der Waals surface area contributed by atoms with Crippen LogP contribution in [0.25, 0.3) is 0 Å². The number of imide groups is 1. The first kappa shape index (κ1) is 19.1. The van der Waals surface area contributed by atoms with Crippen LogP contribution in [0, 0.1) is 11.3 Å². The molecule has 1 atom stereocenters. The number of urea groups is 1. The fourth-order valence-corrected chi connectivity index (χ4v) is 4.42. The average molecular weight is 365 g/mol. The smallest absolute Gasteiger partial charge is 0.325 e. The maximum atomic E-state index is 13.0. The van der Waals surface area contributed by atoms with Crippen LogP contribution in [-0.2, 0) is 14.3 Å². The Morgan fingerprint density at radius 2 is 1.92 bits per heavy atom. The lowest BCUT2D eigenvalue weighted by Gasteiger charge is -2.40. The van der Waals surface area contributed by atoms with Gasteiger partial charge >= 0.3 is 6.03 Å². The van der Waals surface area contributed by atoms with E-state index in [0.717, 1.165) is 17.7 Å². The molecule has 0 aromatic carbocycles. The van der Waals surface area contributed by atoms with Crippen molar-refractivity contribution in [3.05, 3.63) is 0 Å². The number of nitrogens with one attached hydrogen (secondary N) is 1. The van der Waals surface area contributed by atoms with Gasteiger partial charge in [-0.25, -0.2) is 4.79 Å². The quantitative estimate of drug-likeness (QED) is 0.757. The summed E-state index contributed by atoms with van der Waals surface area (Å²) in [6, 6.07) is -0.432. The first-order valence-corrected chi connectivity index (χ1v) is 9.66. The maximum Gasteiger partial charge on any atom is 0.325 e. The Labute approximate surface area is 155 Å². The van der Waals surface area contributed by atoms with Gasteiger partial charge in [0.05, 0.1) is 12.7 Å². The first-order chi connectivity index (χ1) is 12.1. The fraction of sp³-hybridized carbons (Fsp3) is 0.842. The van der Waals surface area contributed by atoms with Crippen LogP contribution in [0.1, 0.15) is 53.4 Å². The molecule has 3 fully saturated rings. The molecule has 2 heterocycles. The second-order valence-electron chi connectivity index (χ2n) is 9.07. The third-order valence-electron chi connectivity index (χ3n) is 6.20. The molecule has 146 valence electrons. The number of rotatable bonds is 2. The van der Waals surface area contributed by atoms with E-state index in [1.807, 2.05) is 6.92 Å². The van der Waals surface area contributed by atoms with Crippen molar-refractivity contribution >= 4 is 17.8 Å². The SMILES string of the molecule is CC1CN(C(=O)CN2C(=O)NC3(CCC(C(C)(C)C)CC3)C2=O)CCO1. The highest BCUT2D eigenvalue weighted by molar-refractivity contribution is 6.09. The van der Waals surface area contributed by atoms with E-state index >= 15 is 0 Å². The highest BCUT2D eigenvalue weighted by Crippen LogP contribution is 2.43. The van der Waals surface area contributed by atoms with E-state index in [-0.39, 0.29) is 29.9 Å². The molecule has 1 spiro atoms. The Morgan fingerprint density at radius 1 is 1.27 bits per heavy atom. The van der Waals surface area contributed by atoms with Gasteiger partial charge in [-0.3, -0.25) is 14.5 Å². The number of hydrogen-bond acceptors (Lipinski definition) is 4. The fourth-order valence-electron chi connectivity index (χ4n) is 4.42. The predicted octanol–water partition coefficient (Wildman–Crippen LogP) is 1.76. The second-order valence-corrected chi connectivity index (χ2v) is 9.07. The van der Waals surface area contributed by atoms with Gasteiger partial charge in [0.15, 0.2) is 0 Å². The van der Waals surface area contributed by atoms with Crippen LogP contribution in [0.3, 0.4) is 0 Å². The molecular weight excluding hydrogens is 334 g/mol. The summed E-state index contributed by atoms with van der Waals surface area (Å²) in [7, 11) is 0. The molecular formula is C19H31N3O4. The van der Waals surface area contributed by atoms with Crippen LogP contribution in [0.15, 0.2) is 0 Å². The standard InChI is InChI=1S/C19H31N3O4/c1-13-11-21(9-10-26-13)15(23)12-22-16(24)19(20-17(22)25)7-5-14(6-8-19)18(2,3)4/h13-14H,5-12H2,1-4H3,(H,20,25). The molecule has 7 heteroatoms. The molecule has 1 unspecified atom stereocenters. The van der Waals surface area contributed by atoms with Gasteiger partial charge in [-0.2, -0.15) is 0 Å². The third kappa shape index (κ3) is 3.59. The van der Waals surface area contributed by atoms with Crippen molar-refractivity contribution in [1.82, 2.24) is 15.1 Å². The summed E-state index contributed by atoms with van der Waals surface area (Å²) in [6.07, 6.45) is 3.11. The van der Waals surface area contributed by atoms with Gasteiger partial charge in [0, 0.05) is 13.1 Å². The Hall–Kier alpha value is -1.63. The molecule has 0 bridgehead atoms. The topological polar surface area (TPSA) is 79.0 Å². The Balaban J connectivity index is 1.63. The van der Waals surface area contributed by atoms with E-state index < -0.39 is 11.6 Å². The third-order valence-corrected chi connectivity index (χ3v) is 6.20. The summed E-state index contributed by atoms with van der Waals surface area (Å²) in [5, 5.41) is 2.90. The van der Waals surface area contributed by atoms with E-state index in [0.29, 0.717) is 38.5 Å². The van der Waals surface area contributed by atoms with E-state index in [4.69, 9.17) is 4.74 Å². The van der Waals surface area contributed by atoms with Crippen LogP contribution in [-0.4, -0.2) is 65.5 Å². The van der Waals surface area contributed by atoms with Gasteiger partial charge in [-0.05, 0) is 43.9 Å². The van der Waals surface area contributed by atoms with Crippen molar-refractivity contribution in [2.75, 3.05) is 26.2 Å². The predicted molar refractivity (Wildman–Crippen MR) is 96.4 cm³/mol. The summed E-state index contributed by atoms with van der Waals surface area (Å²) >= 11 is 0. The zero-order chi connectivity index (χ0) is 19.1. The maximum absolute atomic E-state index is 13.0. The normalized spacial score (nSPS) is 32.9. The summed E-state index contributed by atoms with van der Waals surface area (Å²) in [6.45, 7) is 9.89. The molecule has 2 saturated heterocycles. The molecule has 1 N–H and O–H groups in total. The highest BCUT2D eigenvalue weighted by atomic mass is 16.5. The van der Waals surface area contributed by atoms with Crippen molar-refractivity contribution in [2.24, 2.45) is 11.3 Å². The van der Waals surface area contributed by atoms with Gasteiger partial charge in [0.1, 0.15) is 12.1 Å². The van der Waals surface area contributed by atoms with Crippen LogP contribution in [0.4, 0.5) is 4.79 Å². The molecule has 1 aliphatic carbocycles. The number of nitrogens with zero attached hydrogens (tertiary/aromatic N) is 2. The Bertz CT molecular complexity index is 590. The molecule has 0 radical (unpaired) electrons. The number of carbonyl (C=O) groups excluding carboxylic acids is 3. The summed E-state index contributed by atoms with van der Waals surface area (Å²) in [5.41, 5.74) is -0.604. The van der Waals surface area contributed by atoms with Gasteiger partial charge in [0.25, 0.3) is 5.91 Å². The van der Waals surface area contributed by atoms with E-state index in [1.54, 1.807) is 4.90 Å². The molecule has 3 rings (SSSR count). The molecule has 2 aliphatic heterocycles. The molecule has 3 aliphatic rings. The lowest BCUT2D eigenvalue weighted by molar-refractivity contribution is -0.143. The van der Waals surface area contributed by atoms with Gasteiger partial charge < -0.3 is 15.0 Å². The second kappa shape index (κ2) is 6.83. The van der Waals surface area contributed by atoms with Crippen molar-refractivity contribution in [2.45, 2.75) is 65.0 Å². The average Bonchev–Trinajstić information content (AvgIpc) is 2.78. The van der Waals surface area contributed by atoms with Crippen LogP contribution in [0.5, 0.6) is 0 Å². The van der Waals surface area contributed by atoms with Gasteiger partial charge in [-0.15, -0.1) is 0 Å². The minimum atomic E-state index is -0.808. The summed E-state index contributed by atoms with van der Waals surface area (Å²) in [4.78, 5) is 40.7. The van der Waals surface area contributed by atoms with E-state index in [2.05, 4.69) is 26.1 Å². The largest absolute Gasteiger partial charge is 0.375 e. The summed E-state index contributed by atoms with van der Waals surface area (Å²) in [5.74, 6) is 0.122. The molecule has 7 nitrogen and oxygen atoms in total. The minimum Gasteiger partial charge on any atom is -0.375 e. The zero-order valence-electron chi connectivity index (χ0n) is 16.3. The van der Waals surface area contributed by atoms with Gasteiger partial charge in [0.2, 0.25) is 5.91 Å². The Morgan fingerprint density at radius 3 is 2.50 bits per heavy atom. The van der Waals surface area contributed by atoms with Crippen LogP contribution < -0.4 is 5.32 Å². The van der Waals surface area contributed by atoms with Crippen molar-refractivity contribution in [1.29, 1.82) is 0 Å². The lowest BCUT2D eigenvalue weighted by Crippen LogP contribution is -2.52. The van der Waals surface area contributed by atoms with Crippen LogP contribution in [0.2, 0.25) is 0 Å². The number of hydrogen-bond donors (Lipinski definition) is 1. The van der Waals surface area contributed by atoms with Crippen molar-refractivity contribution in [3.8, 4) is 0 Å². The van der Waals surface area contributed by atoms with Gasteiger partial charge in [-0.1, -0.05) is 20.8 Å². The monoisotopic (exact) mass is 365 g/mol. The summed E-state index contributed by atoms with van der Waals surface area (Å²) < 4.78 is 5.44. The number of ether oxygens (including phenoxy) is 1. The molecule has 0 aromatic heterocycles.